The number of carbonyl (C=O) groups is 1. The molecule has 0 heterocycles. The highest BCUT2D eigenvalue weighted by Gasteiger charge is 2.33. The Balaban J connectivity index is 1.70. The fourth-order valence-electron chi connectivity index (χ4n) is 3.90. The second-order valence-electron chi connectivity index (χ2n) is 8.36. The van der Waals surface area contributed by atoms with Crippen molar-refractivity contribution in [3.05, 3.63) is 60.2 Å². The summed E-state index contributed by atoms with van der Waals surface area (Å²) < 4.78 is 53.5. The molecule has 2 aromatic rings. The number of amides is 1. The lowest BCUT2D eigenvalue weighted by molar-refractivity contribution is -0.121. The first-order valence-corrected chi connectivity index (χ1v) is 13.9. The van der Waals surface area contributed by atoms with Crippen LogP contribution >= 0.6 is 0 Å². The molecule has 0 atom stereocenters. The number of rotatable bonds is 9. The van der Waals surface area contributed by atoms with Crippen LogP contribution in [0.1, 0.15) is 37.7 Å². The maximum absolute atomic E-state index is 13.3. The Morgan fingerprint density at radius 3 is 2.00 bits per heavy atom. The maximum Gasteiger partial charge on any atom is 0.243 e. The van der Waals surface area contributed by atoms with Crippen molar-refractivity contribution >= 4 is 26.0 Å². The van der Waals surface area contributed by atoms with Crippen LogP contribution in [0.3, 0.4) is 0 Å². The van der Waals surface area contributed by atoms with Gasteiger partial charge in [0.25, 0.3) is 0 Å². The summed E-state index contributed by atoms with van der Waals surface area (Å²) in [6, 6.07) is 14.2. The summed E-state index contributed by atoms with van der Waals surface area (Å²) in [6.07, 6.45) is 4.42. The van der Waals surface area contributed by atoms with Crippen LogP contribution < -0.4 is 5.32 Å². The van der Waals surface area contributed by atoms with Crippen LogP contribution in [0.15, 0.2) is 64.4 Å². The summed E-state index contributed by atoms with van der Waals surface area (Å²) >= 11 is 0. The minimum Gasteiger partial charge on any atom is -0.351 e. The Kier molecular flexibility index (Phi) is 8.28. The van der Waals surface area contributed by atoms with Crippen molar-refractivity contribution in [1.29, 1.82) is 0 Å². The van der Waals surface area contributed by atoms with Crippen molar-refractivity contribution in [3.8, 4) is 0 Å². The molecule has 1 aliphatic rings. The second-order valence-corrected chi connectivity index (χ2v) is 12.4. The summed E-state index contributed by atoms with van der Waals surface area (Å²) in [5, 5.41) is 2.77. The van der Waals surface area contributed by atoms with Crippen molar-refractivity contribution < 1.29 is 21.6 Å². The van der Waals surface area contributed by atoms with Gasteiger partial charge in [-0.05, 0) is 42.7 Å². The van der Waals surface area contributed by atoms with Crippen LogP contribution in [-0.4, -0.2) is 58.0 Å². The molecule has 1 amide bonds. The van der Waals surface area contributed by atoms with Crippen molar-refractivity contribution in [2.45, 2.75) is 54.5 Å². The molecule has 1 saturated carbocycles. The van der Waals surface area contributed by atoms with Crippen molar-refractivity contribution in [2.24, 2.45) is 0 Å². The van der Waals surface area contributed by atoms with Gasteiger partial charge in [0.05, 0.1) is 16.3 Å². The van der Waals surface area contributed by atoms with Gasteiger partial charge < -0.3 is 5.32 Å². The summed E-state index contributed by atoms with van der Waals surface area (Å²) in [5.74, 6) is -0.398. The smallest absolute Gasteiger partial charge is 0.243 e. The highest BCUT2D eigenvalue weighted by Crippen LogP contribution is 2.27. The zero-order valence-corrected chi connectivity index (χ0v) is 20.6. The fraction of sp³-hybridized carbons (Fsp3) is 0.435. The largest absolute Gasteiger partial charge is 0.351 e. The van der Waals surface area contributed by atoms with E-state index in [0.717, 1.165) is 42.0 Å². The summed E-state index contributed by atoms with van der Waals surface area (Å²) in [7, 11) is -4.40. The zero-order valence-electron chi connectivity index (χ0n) is 19.0. The summed E-state index contributed by atoms with van der Waals surface area (Å²) in [6.45, 7) is -0.0833. The van der Waals surface area contributed by atoms with Gasteiger partial charge in [-0.3, -0.25) is 4.79 Å². The van der Waals surface area contributed by atoms with Gasteiger partial charge in [-0.15, -0.1) is 0 Å². The normalized spacial score (nSPS) is 15.6. The lowest BCUT2D eigenvalue weighted by Gasteiger charge is -2.33. The second kappa shape index (κ2) is 10.8. The van der Waals surface area contributed by atoms with Gasteiger partial charge in [-0.25, -0.2) is 21.1 Å². The molecule has 0 bridgehead atoms. The predicted molar refractivity (Wildman–Crippen MR) is 126 cm³/mol. The molecule has 0 aliphatic heterocycles. The molecule has 0 aromatic heterocycles. The third kappa shape index (κ3) is 6.20. The minimum absolute atomic E-state index is 0.167. The molecule has 1 aliphatic carbocycles. The lowest BCUT2D eigenvalue weighted by atomic mass is 9.95. The van der Waals surface area contributed by atoms with E-state index in [-0.39, 0.29) is 28.9 Å². The molecule has 0 unspecified atom stereocenters. The first-order valence-electron chi connectivity index (χ1n) is 11.0. The average Bonchev–Trinajstić information content (AvgIpc) is 2.82. The van der Waals surface area contributed by atoms with Gasteiger partial charge in [0.1, 0.15) is 0 Å². The molecule has 1 fully saturated rings. The quantitative estimate of drug-likeness (QED) is 0.578. The number of hydrogen-bond donors (Lipinski definition) is 1. The van der Waals surface area contributed by atoms with Crippen LogP contribution in [0.2, 0.25) is 0 Å². The first-order chi connectivity index (χ1) is 15.6. The summed E-state index contributed by atoms with van der Waals surface area (Å²) in [4.78, 5) is 13.1. The van der Waals surface area contributed by atoms with E-state index in [0.29, 0.717) is 0 Å². The molecular formula is C23H31N3O5S2. The molecule has 2 aromatic carbocycles. The van der Waals surface area contributed by atoms with Gasteiger partial charge in [-0.1, -0.05) is 49.6 Å². The number of hydrogen-bond acceptors (Lipinski definition) is 5. The molecule has 0 saturated heterocycles. The van der Waals surface area contributed by atoms with Crippen molar-refractivity contribution in [3.63, 3.8) is 0 Å². The van der Waals surface area contributed by atoms with E-state index in [9.17, 15) is 21.6 Å². The molecule has 1 N–H and O–H groups in total. The molecule has 180 valence electrons. The van der Waals surface area contributed by atoms with E-state index >= 15 is 0 Å². The monoisotopic (exact) mass is 493 g/mol. The number of nitrogens with zero attached hydrogens (tertiary/aromatic N) is 2. The third-order valence-electron chi connectivity index (χ3n) is 5.82. The highest BCUT2D eigenvalue weighted by atomic mass is 32.2. The number of carbonyl (C=O) groups excluding carboxylic acids is 1. The molecule has 0 radical (unpaired) electrons. The predicted octanol–water partition coefficient (Wildman–Crippen LogP) is 2.58. The van der Waals surface area contributed by atoms with E-state index in [1.54, 1.807) is 42.5 Å². The van der Waals surface area contributed by atoms with Crippen LogP contribution in [0.25, 0.3) is 0 Å². The topological polar surface area (TPSA) is 104 Å². The molecular weight excluding hydrogens is 462 g/mol. The van der Waals surface area contributed by atoms with Gasteiger partial charge in [-0.2, -0.15) is 4.31 Å². The molecule has 3 rings (SSSR count). The molecule has 0 spiro atoms. The van der Waals surface area contributed by atoms with E-state index in [2.05, 4.69) is 5.32 Å². The van der Waals surface area contributed by atoms with E-state index in [4.69, 9.17) is 0 Å². The highest BCUT2D eigenvalue weighted by molar-refractivity contribution is 7.89. The van der Waals surface area contributed by atoms with E-state index in [1.807, 2.05) is 0 Å². The Morgan fingerprint density at radius 2 is 1.42 bits per heavy atom. The van der Waals surface area contributed by atoms with Gasteiger partial charge >= 0.3 is 0 Å². The van der Waals surface area contributed by atoms with Crippen LogP contribution in [0, 0.1) is 0 Å². The Labute approximate surface area is 196 Å². The standard InChI is InChI=1S/C23H31N3O5S2/c1-25(2)32(28,29)22-15-13-19(14-16-22)17-24-23(27)18-26(20-9-5-3-6-10-20)33(30,31)21-11-7-4-8-12-21/h4,7-8,11-16,20H,3,5-6,9-10,17-18H2,1-2H3,(H,24,27). The van der Waals surface area contributed by atoms with Gasteiger partial charge in [0.2, 0.25) is 26.0 Å². The maximum atomic E-state index is 13.3. The van der Waals surface area contributed by atoms with Crippen LogP contribution in [0.5, 0.6) is 0 Å². The van der Waals surface area contributed by atoms with Crippen LogP contribution in [-0.2, 0) is 31.4 Å². The Bertz CT molecular complexity index is 1140. The fourth-order valence-corrected chi connectivity index (χ4v) is 6.46. The van der Waals surface area contributed by atoms with Gasteiger partial charge in [0, 0.05) is 26.7 Å². The third-order valence-corrected chi connectivity index (χ3v) is 9.56. The molecule has 10 heteroatoms. The Hall–Kier alpha value is -2.27. The SMILES string of the molecule is CN(C)S(=O)(=O)c1ccc(CNC(=O)CN(C2CCCCC2)S(=O)(=O)c2ccccc2)cc1. The van der Waals surface area contributed by atoms with Crippen LogP contribution in [0.4, 0.5) is 0 Å². The zero-order chi connectivity index (χ0) is 24.1. The lowest BCUT2D eigenvalue weighted by Crippen LogP contribution is -2.46. The Morgan fingerprint density at radius 1 is 0.848 bits per heavy atom. The molecule has 33 heavy (non-hydrogen) atoms. The first kappa shape index (κ1) is 25.4. The number of sulfonamides is 2. The van der Waals surface area contributed by atoms with Crippen molar-refractivity contribution in [2.75, 3.05) is 20.6 Å². The van der Waals surface area contributed by atoms with E-state index < -0.39 is 26.0 Å². The number of nitrogens with one attached hydrogen (secondary N) is 1. The van der Waals surface area contributed by atoms with Crippen molar-refractivity contribution in [1.82, 2.24) is 13.9 Å². The summed E-state index contributed by atoms with van der Waals surface area (Å²) in [5.41, 5.74) is 0.719. The van der Waals surface area contributed by atoms with E-state index in [1.165, 1.54) is 30.5 Å². The minimum atomic E-state index is -3.81. The average molecular weight is 494 g/mol. The van der Waals surface area contributed by atoms with Gasteiger partial charge in [0.15, 0.2) is 0 Å². The molecule has 8 nitrogen and oxygen atoms in total. The number of benzene rings is 2.